The summed E-state index contributed by atoms with van der Waals surface area (Å²) in [6, 6.07) is 5.90. The van der Waals surface area contributed by atoms with Crippen LogP contribution in [0.2, 0.25) is 5.02 Å². The number of carbonyl (C=O) groups is 2. The molecule has 2 aromatic heterocycles. The van der Waals surface area contributed by atoms with Crippen molar-refractivity contribution >= 4 is 45.6 Å². The quantitative estimate of drug-likeness (QED) is 0.480. The van der Waals surface area contributed by atoms with E-state index in [1.807, 2.05) is 25.1 Å². The Balaban J connectivity index is 1.59. The Bertz CT molecular complexity index is 1130. The Kier molecular flexibility index (Phi) is 4.09. The van der Waals surface area contributed by atoms with Gasteiger partial charge in [-0.25, -0.2) is 4.98 Å². The molecule has 1 saturated carbocycles. The number of aromatic nitrogens is 2. The Morgan fingerprint density at radius 1 is 1.19 bits per heavy atom. The Labute approximate surface area is 160 Å². The van der Waals surface area contributed by atoms with Gasteiger partial charge in [-0.3, -0.25) is 9.59 Å². The van der Waals surface area contributed by atoms with Crippen molar-refractivity contribution in [2.45, 2.75) is 19.0 Å². The van der Waals surface area contributed by atoms with E-state index in [0.717, 1.165) is 22.0 Å². The van der Waals surface area contributed by atoms with Crippen LogP contribution in [-0.4, -0.2) is 33.6 Å². The van der Waals surface area contributed by atoms with Crippen molar-refractivity contribution in [2.24, 2.45) is 0 Å². The van der Waals surface area contributed by atoms with E-state index >= 15 is 0 Å². The number of terminal acetylenes is 1. The third kappa shape index (κ3) is 2.92. The second-order valence-corrected chi connectivity index (χ2v) is 6.81. The number of benzene rings is 1. The van der Waals surface area contributed by atoms with Crippen molar-refractivity contribution in [3.8, 4) is 12.3 Å². The first-order chi connectivity index (χ1) is 13.0. The van der Waals surface area contributed by atoms with E-state index in [9.17, 15) is 9.59 Å². The molecule has 2 atom stereocenters. The van der Waals surface area contributed by atoms with Crippen LogP contribution < -0.4 is 10.6 Å². The maximum atomic E-state index is 12.1. The molecule has 6 nitrogen and oxygen atoms in total. The largest absolute Gasteiger partial charge is 0.371 e. The summed E-state index contributed by atoms with van der Waals surface area (Å²) >= 11 is 5.98. The number of H-pyrrole nitrogens is 1. The summed E-state index contributed by atoms with van der Waals surface area (Å²) in [6.45, 7) is 1.84. The third-order valence-electron chi connectivity index (χ3n) is 4.65. The van der Waals surface area contributed by atoms with Crippen LogP contribution >= 0.6 is 11.6 Å². The zero-order valence-corrected chi connectivity index (χ0v) is 15.1. The number of aromatic amines is 1. The number of rotatable bonds is 4. The fourth-order valence-corrected chi connectivity index (χ4v) is 3.19. The smallest absolute Gasteiger partial charge is 0.225 e. The van der Waals surface area contributed by atoms with Gasteiger partial charge < -0.3 is 15.6 Å². The first kappa shape index (κ1) is 17.1. The molecule has 3 aromatic rings. The zero-order valence-electron chi connectivity index (χ0n) is 14.3. The van der Waals surface area contributed by atoms with Crippen molar-refractivity contribution in [1.82, 2.24) is 9.97 Å². The highest BCUT2D eigenvalue weighted by molar-refractivity contribution is 6.50. The van der Waals surface area contributed by atoms with Gasteiger partial charge in [0.25, 0.3) is 0 Å². The number of hydrogen-bond donors (Lipinski definition) is 3. The molecule has 4 rings (SSSR count). The minimum atomic E-state index is -0.702. The van der Waals surface area contributed by atoms with E-state index in [0.29, 0.717) is 16.5 Å². The van der Waals surface area contributed by atoms with Gasteiger partial charge in [0.15, 0.2) is 0 Å². The van der Waals surface area contributed by atoms with Gasteiger partial charge in [-0.15, -0.1) is 6.42 Å². The first-order valence-corrected chi connectivity index (χ1v) is 8.67. The minimum Gasteiger partial charge on any atom is -0.371 e. The van der Waals surface area contributed by atoms with Gasteiger partial charge >= 0.3 is 0 Å². The van der Waals surface area contributed by atoms with E-state index < -0.39 is 23.7 Å². The summed E-state index contributed by atoms with van der Waals surface area (Å²) in [6.07, 6.45) is 8.72. The fraction of sp³-hybridized carbons (Fsp3) is 0.150. The van der Waals surface area contributed by atoms with Crippen LogP contribution in [-0.2, 0) is 9.59 Å². The van der Waals surface area contributed by atoms with Crippen LogP contribution in [0.3, 0.4) is 0 Å². The van der Waals surface area contributed by atoms with Crippen molar-refractivity contribution < 1.29 is 9.59 Å². The normalized spacial score (nSPS) is 18.9. The van der Waals surface area contributed by atoms with Crippen LogP contribution in [0.4, 0.5) is 11.5 Å². The van der Waals surface area contributed by atoms with Gasteiger partial charge in [0, 0.05) is 28.9 Å². The number of aryl methyl sites for hydroxylation is 1. The lowest BCUT2D eigenvalue weighted by Crippen LogP contribution is -2.64. The minimum absolute atomic E-state index is 0.472. The molecule has 7 heteroatoms. The number of Topliss-reactive ketones (excluding diaryl/α,β-unsaturated/α-hetero) is 2. The molecule has 0 amide bonds. The number of nitrogens with one attached hydrogen (secondary N) is 3. The lowest BCUT2D eigenvalue weighted by Gasteiger charge is -2.34. The van der Waals surface area contributed by atoms with Crippen LogP contribution in [0.25, 0.3) is 10.9 Å². The maximum Gasteiger partial charge on any atom is 0.225 e. The van der Waals surface area contributed by atoms with E-state index in [2.05, 4.69) is 26.5 Å². The van der Waals surface area contributed by atoms with Gasteiger partial charge in [-0.05, 0) is 36.8 Å². The summed E-state index contributed by atoms with van der Waals surface area (Å²) in [4.78, 5) is 31.5. The number of ketones is 2. The molecule has 0 saturated heterocycles. The molecule has 0 spiro atoms. The topological polar surface area (TPSA) is 86.9 Å². The van der Waals surface area contributed by atoms with Crippen molar-refractivity contribution in [3.05, 3.63) is 52.8 Å². The van der Waals surface area contributed by atoms with Gasteiger partial charge in [-0.1, -0.05) is 17.5 Å². The number of pyridine rings is 1. The molecule has 2 heterocycles. The molecule has 0 radical (unpaired) electrons. The van der Waals surface area contributed by atoms with Crippen LogP contribution in [0.15, 0.2) is 36.7 Å². The predicted octanol–water partition coefficient (Wildman–Crippen LogP) is 2.92. The highest BCUT2D eigenvalue weighted by Gasteiger charge is 2.49. The zero-order chi connectivity index (χ0) is 19.1. The number of hydrogen-bond acceptors (Lipinski definition) is 5. The van der Waals surface area contributed by atoms with Gasteiger partial charge in [0.05, 0.1) is 10.7 Å². The second-order valence-electron chi connectivity index (χ2n) is 6.40. The summed E-state index contributed by atoms with van der Waals surface area (Å²) in [5.74, 6) is 2.13. The number of carbonyl (C=O) groups excluding carboxylic acids is 2. The van der Waals surface area contributed by atoms with Crippen molar-refractivity contribution in [2.75, 3.05) is 10.6 Å². The molecule has 1 aliphatic rings. The monoisotopic (exact) mass is 378 g/mol. The Morgan fingerprint density at radius 2 is 1.93 bits per heavy atom. The molecular formula is C20H15ClN4O2. The molecule has 0 bridgehead atoms. The lowest BCUT2D eigenvalue weighted by molar-refractivity contribution is -0.144. The molecule has 1 fully saturated rings. The van der Waals surface area contributed by atoms with Crippen molar-refractivity contribution in [3.63, 3.8) is 0 Å². The van der Waals surface area contributed by atoms with Gasteiger partial charge in [-0.2, -0.15) is 0 Å². The lowest BCUT2D eigenvalue weighted by atomic mass is 9.82. The highest BCUT2D eigenvalue weighted by Crippen LogP contribution is 2.28. The van der Waals surface area contributed by atoms with Gasteiger partial charge in [0.1, 0.15) is 17.9 Å². The molecule has 134 valence electrons. The molecular weight excluding hydrogens is 364 g/mol. The number of fused-ring (bicyclic) bond motifs is 1. The average molecular weight is 379 g/mol. The van der Waals surface area contributed by atoms with Crippen LogP contribution in [0.1, 0.15) is 11.1 Å². The van der Waals surface area contributed by atoms with Gasteiger partial charge in [0.2, 0.25) is 11.6 Å². The highest BCUT2D eigenvalue weighted by atomic mass is 35.5. The van der Waals surface area contributed by atoms with Crippen LogP contribution in [0, 0.1) is 19.3 Å². The SMILES string of the molecule is C#Cc1ccc2[nH]cc(NC3C(=O)C(=O)C3Nc3cc(C)c(Cl)cn3)c2c1. The van der Waals surface area contributed by atoms with E-state index in [1.165, 1.54) is 6.20 Å². The predicted molar refractivity (Wildman–Crippen MR) is 105 cm³/mol. The first-order valence-electron chi connectivity index (χ1n) is 8.29. The Morgan fingerprint density at radius 3 is 2.63 bits per heavy atom. The number of nitrogens with zero attached hydrogens (tertiary/aromatic N) is 1. The van der Waals surface area contributed by atoms with Crippen molar-refractivity contribution in [1.29, 1.82) is 0 Å². The van der Waals surface area contributed by atoms with E-state index in [4.69, 9.17) is 18.0 Å². The summed E-state index contributed by atoms with van der Waals surface area (Å²) < 4.78 is 0. The van der Waals surface area contributed by atoms with E-state index in [1.54, 1.807) is 12.3 Å². The molecule has 1 aliphatic carbocycles. The fourth-order valence-electron chi connectivity index (χ4n) is 3.09. The Hall–Kier alpha value is -3.30. The molecule has 0 aliphatic heterocycles. The number of anilines is 2. The maximum absolute atomic E-state index is 12.1. The molecule has 3 N–H and O–H groups in total. The van der Waals surface area contributed by atoms with Crippen LogP contribution in [0.5, 0.6) is 0 Å². The third-order valence-corrected chi connectivity index (χ3v) is 5.05. The summed E-state index contributed by atoms with van der Waals surface area (Å²) in [7, 11) is 0. The number of halogens is 1. The standard InChI is InChI=1S/C20H15ClN4O2/c1-3-11-4-5-14-12(7-11)15(9-22-14)24-17-18(20(27)19(17)26)25-16-6-10(2)13(21)8-23-16/h1,4-9,17-18,22,24H,2H3,(H,23,25). The summed E-state index contributed by atoms with van der Waals surface area (Å²) in [5.41, 5.74) is 3.15. The molecule has 27 heavy (non-hydrogen) atoms. The summed E-state index contributed by atoms with van der Waals surface area (Å²) in [5, 5.41) is 7.55. The molecule has 1 aromatic carbocycles. The second kappa shape index (κ2) is 6.45. The molecule has 2 unspecified atom stereocenters. The van der Waals surface area contributed by atoms with E-state index in [-0.39, 0.29) is 0 Å². The average Bonchev–Trinajstić information content (AvgIpc) is 3.08.